The van der Waals surface area contributed by atoms with Gasteiger partial charge < -0.3 is 15.1 Å². The molecule has 5 nitrogen and oxygen atoms in total. The van der Waals surface area contributed by atoms with Crippen molar-refractivity contribution < 1.29 is 9.59 Å². The molecular weight excluding hydrogens is 676 g/mol. The molecule has 174 valence electrons. The summed E-state index contributed by atoms with van der Waals surface area (Å²) >= 11 is 10.6. The van der Waals surface area contributed by atoms with Crippen LogP contribution >= 0.6 is 56.8 Å². The van der Waals surface area contributed by atoms with Gasteiger partial charge in [0, 0.05) is 44.4 Å². The average molecular weight is 698 g/mol. The molecule has 1 saturated heterocycles. The maximum absolute atomic E-state index is 13.0. The zero-order valence-corrected chi connectivity index (χ0v) is 23.2. The second kappa shape index (κ2) is 11.5. The summed E-state index contributed by atoms with van der Waals surface area (Å²) < 4.78 is 1.88. The molecular formula is C26H22ClI2N3O2. The monoisotopic (exact) mass is 697 g/mol. The van der Waals surface area contributed by atoms with Gasteiger partial charge in [0.2, 0.25) is 5.91 Å². The molecule has 2 amide bonds. The zero-order valence-electron chi connectivity index (χ0n) is 18.2. The van der Waals surface area contributed by atoms with Crippen LogP contribution in [0.1, 0.15) is 15.9 Å². The molecule has 1 fully saturated rings. The third-order valence-electron chi connectivity index (χ3n) is 5.53. The molecule has 0 aromatic heterocycles. The summed E-state index contributed by atoms with van der Waals surface area (Å²) in [7, 11) is 0. The van der Waals surface area contributed by atoms with Crippen LogP contribution in [0.25, 0.3) is 6.08 Å². The fourth-order valence-electron chi connectivity index (χ4n) is 3.75. The minimum absolute atomic E-state index is 0.00129. The first-order valence-electron chi connectivity index (χ1n) is 10.7. The summed E-state index contributed by atoms with van der Waals surface area (Å²) in [6.45, 7) is 2.53. The van der Waals surface area contributed by atoms with Gasteiger partial charge in [-0.2, -0.15) is 0 Å². The molecule has 0 spiro atoms. The molecule has 8 heteroatoms. The molecule has 4 rings (SSSR count). The van der Waals surface area contributed by atoms with Gasteiger partial charge in [0.15, 0.2) is 0 Å². The predicted octanol–water partition coefficient (Wildman–Crippen LogP) is 6.16. The minimum Gasteiger partial charge on any atom is -0.366 e. The summed E-state index contributed by atoms with van der Waals surface area (Å²) in [4.78, 5) is 29.7. The third kappa shape index (κ3) is 6.31. The fraction of sp³-hybridized carbons (Fsp3) is 0.154. The Labute approximate surface area is 231 Å². The Bertz CT molecular complexity index is 1230. The number of anilines is 2. The zero-order chi connectivity index (χ0) is 24.1. The minimum atomic E-state index is -0.175. The highest BCUT2D eigenvalue weighted by Crippen LogP contribution is 2.31. The van der Waals surface area contributed by atoms with Crippen molar-refractivity contribution in [2.75, 3.05) is 36.4 Å². The number of carbonyl (C=O) groups is 2. The summed E-state index contributed by atoms with van der Waals surface area (Å²) in [5.74, 6) is -0.173. The van der Waals surface area contributed by atoms with Gasteiger partial charge in [0.25, 0.3) is 5.91 Å². The van der Waals surface area contributed by atoms with E-state index in [1.165, 1.54) is 0 Å². The lowest BCUT2D eigenvalue weighted by molar-refractivity contribution is -0.126. The van der Waals surface area contributed by atoms with Crippen molar-refractivity contribution in [3.8, 4) is 0 Å². The van der Waals surface area contributed by atoms with Gasteiger partial charge in [-0.3, -0.25) is 9.59 Å². The Morgan fingerprint density at radius 3 is 2.38 bits per heavy atom. The molecule has 0 radical (unpaired) electrons. The van der Waals surface area contributed by atoms with E-state index in [-0.39, 0.29) is 11.8 Å². The summed E-state index contributed by atoms with van der Waals surface area (Å²) in [6.07, 6.45) is 3.47. The van der Waals surface area contributed by atoms with E-state index >= 15 is 0 Å². The predicted molar refractivity (Wildman–Crippen MR) is 156 cm³/mol. The molecule has 3 aromatic carbocycles. The van der Waals surface area contributed by atoms with Crippen molar-refractivity contribution >= 4 is 86.0 Å². The van der Waals surface area contributed by atoms with Crippen LogP contribution in [0, 0.1) is 7.14 Å². The molecule has 1 aliphatic rings. The number of carbonyl (C=O) groups excluding carboxylic acids is 2. The SMILES string of the molecule is O=C(Nc1cc(Cl)ccc1N1CCN(C(=O)/C=C/c2ccccc2)CC1)c1cc(I)ccc1I. The average Bonchev–Trinajstić information content (AvgIpc) is 2.85. The van der Waals surface area contributed by atoms with Crippen LogP contribution in [-0.2, 0) is 4.79 Å². The number of hydrogen-bond acceptors (Lipinski definition) is 3. The van der Waals surface area contributed by atoms with Crippen LogP contribution in [0.15, 0.2) is 72.8 Å². The Hall–Kier alpha value is -2.11. The number of nitrogens with one attached hydrogen (secondary N) is 1. The molecule has 0 saturated carbocycles. The van der Waals surface area contributed by atoms with Gasteiger partial charge in [0.1, 0.15) is 0 Å². The van der Waals surface area contributed by atoms with Crippen LogP contribution < -0.4 is 10.2 Å². The van der Waals surface area contributed by atoms with Gasteiger partial charge in [-0.1, -0.05) is 41.9 Å². The van der Waals surface area contributed by atoms with Crippen molar-refractivity contribution in [2.24, 2.45) is 0 Å². The molecule has 0 aliphatic carbocycles. The van der Waals surface area contributed by atoms with Gasteiger partial charge >= 0.3 is 0 Å². The number of halogens is 3. The molecule has 34 heavy (non-hydrogen) atoms. The van der Waals surface area contributed by atoms with Gasteiger partial charge in [-0.25, -0.2) is 0 Å². The van der Waals surface area contributed by atoms with E-state index in [0.717, 1.165) is 18.4 Å². The lowest BCUT2D eigenvalue weighted by Gasteiger charge is -2.36. The van der Waals surface area contributed by atoms with E-state index < -0.39 is 0 Å². The van der Waals surface area contributed by atoms with E-state index in [1.54, 1.807) is 12.1 Å². The standard InChI is InChI=1S/C26H22ClI2N3O2/c27-19-7-10-24(23(16-19)30-26(34)21-17-20(28)8-9-22(21)29)31-12-14-32(15-13-31)25(33)11-6-18-4-2-1-3-5-18/h1-11,16-17H,12-15H2,(H,30,34)/b11-6+. The van der Waals surface area contributed by atoms with Crippen LogP contribution in [-0.4, -0.2) is 42.9 Å². The van der Waals surface area contributed by atoms with E-state index in [1.807, 2.05) is 71.6 Å². The molecule has 0 atom stereocenters. The quantitative estimate of drug-likeness (QED) is 0.257. The van der Waals surface area contributed by atoms with Crippen LogP contribution in [0.5, 0.6) is 0 Å². The first-order chi connectivity index (χ1) is 16.4. The summed E-state index contributed by atoms with van der Waals surface area (Å²) in [5, 5.41) is 3.59. The Kier molecular flexibility index (Phi) is 8.49. The number of amides is 2. The number of piperazine rings is 1. The highest BCUT2D eigenvalue weighted by atomic mass is 127. The highest BCUT2D eigenvalue weighted by molar-refractivity contribution is 14.1. The van der Waals surface area contributed by atoms with E-state index in [2.05, 4.69) is 55.4 Å². The van der Waals surface area contributed by atoms with Crippen LogP contribution in [0.4, 0.5) is 11.4 Å². The third-order valence-corrected chi connectivity index (χ3v) is 7.38. The van der Waals surface area contributed by atoms with Crippen LogP contribution in [0.2, 0.25) is 5.02 Å². The number of hydrogen-bond donors (Lipinski definition) is 1. The van der Waals surface area contributed by atoms with E-state index in [0.29, 0.717) is 42.5 Å². The maximum Gasteiger partial charge on any atom is 0.256 e. The van der Waals surface area contributed by atoms with Gasteiger partial charge in [0.05, 0.1) is 16.9 Å². The fourth-order valence-corrected chi connectivity index (χ4v) is 4.99. The Balaban J connectivity index is 1.44. The van der Waals surface area contributed by atoms with E-state index in [4.69, 9.17) is 11.6 Å². The van der Waals surface area contributed by atoms with Crippen molar-refractivity contribution in [3.05, 3.63) is 96.1 Å². The first-order valence-corrected chi connectivity index (χ1v) is 13.3. The van der Waals surface area contributed by atoms with Crippen molar-refractivity contribution in [1.82, 2.24) is 4.90 Å². The molecule has 0 unspecified atom stereocenters. The van der Waals surface area contributed by atoms with Crippen molar-refractivity contribution in [1.29, 1.82) is 0 Å². The molecule has 3 aromatic rings. The number of benzene rings is 3. The molecule has 1 aliphatic heterocycles. The normalized spacial score (nSPS) is 13.9. The van der Waals surface area contributed by atoms with Gasteiger partial charge in [-0.05, 0) is 93.2 Å². The smallest absolute Gasteiger partial charge is 0.256 e. The van der Waals surface area contributed by atoms with Crippen molar-refractivity contribution in [2.45, 2.75) is 0 Å². The Morgan fingerprint density at radius 1 is 0.912 bits per heavy atom. The van der Waals surface area contributed by atoms with Crippen LogP contribution in [0.3, 0.4) is 0 Å². The Morgan fingerprint density at radius 2 is 1.65 bits per heavy atom. The maximum atomic E-state index is 13.0. The number of nitrogens with zero attached hydrogens (tertiary/aromatic N) is 2. The summed E-state index contributed by atoms with van der Waals surface area (Å²) in [5.41, 5.74) is 3.18. The summed E-state index contributed by atoms with van der Waals surface area (Å²) in [6, 6.07) is 21.1. The van der Waals surface area contributed by atoms with Gasteiger partial charge in [-0.15, -0.1) is 0 Å². The molecule has 1 heterocycles. The van der Waals surface area contributed by atoms with Crippen molar-refractivity contribution in [3.63, 3.8) is 0 Å². The lowest BCUT2D eigenvalue weighted by Crippen LogP contribution is -2.48. The second-order valence-electron chi connectivity index (χ2n) is 7.80. The molecule has 1 N–H and O–H groups in total. The second-order valence-corrected chi connectivity index (χ2v) is 10.6. The number of rotatable bonds is 5. The first kappa shape index (κ1) is 25.0. The highest BCUT2D eigenvalue weighted by Gasteiger charge is 2.23. The topological polar surface area (TPSA) is 52.7 Å². The molecule has 0 bridgehead atoms. The largest absolute Gasteiger partial charge is 0.366 e. The lowest BCUT2D eigenvalue weighted by atomic mass is 10.1. The van der Waals surface area contributed by atoms with E-state index in [9.17, 15) is 9.59 Å².